The first-order valence-electron chi connectivity index (χ1n) is 10.2. The van der Waals surface area contributed by atoms with Crippen molar-refractivity contribution in [2.75, 3.05) is 13.2 Å². The fraction of sp³-hybridized carbons (Fsp3) is 0.200. The number of aliphatic imine (C=N–C) groups is 1. The van der Waals surface area contributed by atoms with Gasteiger partial charge in [0.05, 0.1) is 18.2 Å². The molecule has 158 valence electrons. The lowest BCUT2D eigenvalue weighted by atomic mass is 10.1. The number of cyclic esters (lactones) is 1. The van der Waals surface area contributed by atoms with Gasteiger partial charge in [-0.25, -0.2) is 9.79 Å². The van der Waals surface area contributed by atoms with Crippen LogP contribution >= 0.6 is 11.6 Å². The zero-order valence-corrected chi connectivity index (χ0v) is 18.1. The molecule has 1 heterocycles. The van der Waals surface area contributed by atoms with Crippen molar-refractivity contribution in [3.63, 3.8) is 0 Å². The van der Waals surface area contributed by atoms with Gasteiger partial charge in [0.2, 0.25) is 5.90 Å². The molecule has 0 saturated heterocycles. The SMILES string of the molecule is CCCOc1c(Cl)cc(/C=C2\N=C(c3ccc4ccccc4c3)OC2=O)cc1OCC. The monoisotopic (exact) mass is 435 g/mol. The largest absolute Gasteiger partial charge is 0.490 e. The number of carbonyl (C=O) groups excluding carboxylic acids is 1. The topological polar surface area (TPSA) is 57.1 Å². The molecule has 0 spiro atoms. The Labute approximate surface area is 185 Å². The molecule has 5 nitrogen and oxygen atoms in total. The standard InChI is InChI=1S/C25H22ClNO4/c1-3-11-30-23-20(26)12-16(14-22(23)29-4-2)13-21-25(28)31-24(27-21)19-10-9-17-7-5-6-8-18(17)15-19/h5-10,12-15H,3-4,11H2,1-2H3/b21-13-. The van der Waals surface area contributed by atoms with E-state index in [0.29, 0.717) is 35.3 Å². The number of ether oxygens (including phenoxy) is 3. The highest BCUT2D eigenvalue weighted by molar-refractivity contribution is 6.32. The van der Waals surface area contributed by atoms with Gasteiger partial charge in [-0.2, -0.15) is 0 Å². The molecule has 0 bridgehead atoms. The number of fused-ring (bicyclic) bond motifs is 1. The van der Waals surface area contributed by atoms with Gasteiger partial charge in [0.25, 0.3) is 0 Å². The van der Waals surface area contributed by atoms with Crippen LogP contribution in [0.2, 0.25) is 5.02 Å². The normalized spacial score (nSPS) is 14.6. The summed E-state index contributed by atoms with van der Waals surface area (Å²) in [5, 5.41) is 2.57. The van der Waals surface area contributed by atoms with Crippen LogP contribution < -0.4 is 9.47 Å². The van der Waals surface area contributed by atoms with Crippen molar-refractivity contribution in [3.8, 4) is 11.5 Å². The maximum absolute atomic E-state index is 12.4. The van der Waals surface area contributed by atoms with E-state index < -0.39 is 5.97 Å². The van der Waals surface area contributed by atoms with Crippen LogP contribution in [0.15, 0.2) is 65.3 Å². The molecule has 0 radical (unpaired) electrons. The molecule has 0 aromatic heterocycles. The Bertz CT molecular complexity index is 1200. The number of carbonyl (C=O) groups is 1. The molecule has 0 saturated carbocycles. The Balaban J connectivity index is 1.67. The van der Waals surface area contributed by atoms with E-state index in [2.05, 4.69) is 4.99 Å². The van der Waals surface area contributed by atoms with Crippen LogP contribution in [-0.2, 0) is 9.53 Å². The summed E-state index contributed by atoms with van der Waals surface area (Å²) in [6.45, 7) is 4.90. The van der Waals surface area contributed by atoms with E-state index in [1.54, 1.807) is 18.2 Å². The summed E-state index contributed by atoms with van der Waals surface area (Å²) in [6.07, 6.45) is 2.49. The third-order valence-corrected chi connectivity index (χ3v) is 4.98. The first kappa shape index (κ1) is 20.9. The molecule has 3 aromatic rings. The predicted octanol–water partition coefficient (Wildman–Crippen LogP) is 6.03. The highest BCUT2D eigenvalue weighted by Gasteiger charge is 2.24. The van der Waals surface area contributed by atoms with Crippen LogP contribution in [0.5, 0.6) is 11.5 Å². The Morgan fingerprint density at radius 1 is 1.03 bits per heavy atom. The van der Waals surface area contributed by atoms with Gasteiger partial charge in [-0.15, -0.1) is 0 Å². The number of hydrogen-bond donors (Lipinski definition) is 0. The van der Waals surface area contributed by atoms with Crippen LogP contribution in [0.4, 0.5) is 0 Å². The summed E-state index contributed by atoms with van der Waals surface area (Å²) in [7, 11) is 0. The summed E-state index contributed by atoms with van der Waals surface area (Å²) < 4.78 is 16.8. The number of nitrogens with zero attached hydrogens (tertiary/aromatic N) is 1. The van der Waals surface area contributed by atoms with Gasteiger partial charge in [0.1, 0.15) is 0 Å². The zero-order valence-electron chi connectivity index (χ0n) is 17.4. The maximum atomic E-state index is 12.4. The van der Waals surface area contributed by atoms with E-state index >= 15 is 0 Å². The molecule has 0 atom stereocenters. The minimum absolute atomic E-state index is 0.198. The summed E-state index contributed by atoms with van der Waals surface area (Å²) in [6, 6.07) is 17.3. The van der Waals surface area contributed by atoms with Gasteiger partial charge in [-0.1, -0.05) is 48.9 Å². The second-order valence-electron chi connectivity index (χ2n) is 7.01. The molecular weight excluding hydrogens is 414 g/mol. The average Bonchev–Trinajstić information content (AvgIpc) is 3.13. The fourth-order valence-electron chi connectivity index (χ4n) is 3.29. The van der Waals surface area contributed by atoms with Gasteiger partial charge >= 0.3 is 5.97 Å². The van der Waals surface area contributed by atoms with E-state index in [-0.39, 0.29) is 11.6 Å². The van der Waals surface area contributed by atoms with E-state index in [0.717, 1.165) is 22.8 Å². The molecule has 0 N–H and O–H groups in total. The Morgan fingerprint density at radius 3 is 2.61 bits per heavy atom. The summed E-state index contributed by atoms with van der Waals surface area (Å²) in [5.74, 6) is 0.798. The van der Waals surface area contributed by atoms with Crippen LogP contribution in [0.25, 0.3) is 16.8 Å². The highest BCUT2D eigenvalue weighted by Crippen LogP contribution is 2.37. The predicted molar refractivity (Wildman–Crippen MR) is 123 cm³/mol. The minimum atomic E-state index is -0.511. The van der Waals surface area contributed by atoms with Crippen molar-refractivity contribution in [2.45, 2.75) is 20.3 Å². The molecular formula is C25H22ClNO4. The van der Waals surface area contributed by atoms with Crippen molar-refractivity contribution < 1.29 is 19.0 Å². The molecule has 3 aromatic carbocycles. The number of halogens is 1. The van der Waals surface area contributed by atoms with Crippen molar-refractivity contribution in [1.29, 1.82) is 0 Å². The first-order valence-corrected chi connectivity index (χ1v) is 10.6. The molecule has 0 amide bonds. The molecule has 4 rings (SSSR count). The number of hydrogen-bond acceptors (Lipinski definition) is 5. The van der Waals surface area contributed by atoms with Crippen molar-refractivity contribution >= 4 is 40.3 Å². The van der Waals surface area contributed by atoms with Gasteiger partial charge < -0.3 is 14.2 Å². The molecule has 6 heteroatoms. The lowest BCUT2D eigenvalue weighted by Gasteiger charge is -2.14. The third kappa shape index (κ3) is 4.57. The second kappa shape index (κ2) is 9.23. The van der Waals surface area contributed by atoms with Gasteiger partial charge in [0, 0.05) is 5.56 Å². The quantitative estimate of drug-likeness (QED) is 0.336. The molecule has 1 aliphatic heterocycles. The minimum Gasteiger partial charge on any atom is -0.490 e. The molecule has 0 fully saturated rings. The number of benzene rings is 3. The van der Waals surface area contributed by atoms with E-state index in [1.807, 2.05) is 56.3 Å². The van der Waals surface area contributed by atoms with Crippen LogP contribution in [-0.4, -0.2) is 25.1 Å². The number of rotatable bonds is 7. The first-order chi connectivity index (χ1) is 15.1. The maximum Gasteiger partial charge on any atom is 0.363 e. The average molecular weight is 436 g/mol. The van der Waals surface area contributed by atoms with Crippen LogP contribution in [0.1, 0.15) is 31.4 Å². The second-order valence-corrected chi connectivity index (χ2v) is 7.42. The summed E-state index contributed by atoms with van der Waals surface area (Å²) in [4.78, 5) is 16.8. The van der Waals surface area contributed by atoms with Gasteiger partial charge in [-0.05, 0) is 60.0 Å². The van der Waals surface area contributed by atoms with E-state index in [1.165, 1.54) is 0 Å². The van der Waals surface area contributed by atoms with Crippen molar-refractivity contribution in [3.05, 3.63) is 76.4 Å². The van der Waals surface area contributed by atoms with E-state index in [9.17, 15) is 4.79 Å². The fourth-order valence-corrected chi connectivity index (χ4v) is 3.56. The summed E-state index contributed by atoms with van der Waals surface area (Å²) >= 11 is 6.42. The highest BCUT2D eigenvalue weighted by atomic mass is 35.5. The van der Waals surface area contributed by atoms with Crippen molar-refractivity contribution in [2.24, 2.45) is 4.99 Å². The Morgan fingerprint density at radius 2 is 1.84 bits per heavy atom. The zero-order chi connectivity index (χ0) is 21.8. The third-order valence-electron chi connectivity index (χ3n) is 4.70. The van der Waals surface area contributed by atoms with E-state index in [4.69, 9.17) is 25.8 Å². The molecule has 31 heavy (non-hydrogen) atoms. The molecule has 0 aliphatic carbocycles. The summed E-state index contributed by atoms with van der Waals surface area (Å²) in [5.41, 5.74) is 1.61. The molecule has 0 unspecified atom stereocenters. The lowest BCUT2D eigenvalue weighted by Crippen LogP contribution is -2.05. The van der Waals surface area contributed by atoms with Gasteiger partial charge in [-0.3, -0.25) is 0 Å². The Hall–Kier alpha value is -3.31. The molecule has 1 aliphatic rings. The van der Waals surface area contributed by atoms with Crippen molar-refractivity contribution in [1.82, 2.24) is 0 Å². The number of esters is 1. The van der Waals surface area contributed by atoms with Crippen LogP contribution in [0.3, 0.4) is 0 Å². The smallest absolute Gasteiger partial charge is 0.363 e. The lowest BCUT2D eigenvalue weighted by molar-refractivity contribution is -0.129. The van der Waals surface area contributed by atoms with Gasteiger partial charge in [0.15, 0.2) is 17.2 Å². The van der Waals surface area contributed by atoms with Crippen LogP contribution in [0, 0.1) is 0 Å². The Kier molecular flexibility index (Phi) is 6.23.